The van der Waals surface area contributed by atoms with Gasteiger partial charge in [-0.2, -0.15) is 4.98 Å². The smallest absolute Gasteiger partial charge is 0.229 e. The molecule has 1 aromatic carbocycles. The summed E-state index contributed by atoms with van der Waals surface area (Å²) in [7, 11) is 3.39. The van der Waals surface area contributed by atoms with E-state index in [1.807, 2.05) is 26.1 Å². The molecule has 3 N–H and O–H groups in total. The lowest BCUT2D eigenvalue weighted by molar-refractivity contribution is -0.111. The van der Waals surface area contributed by atoms with Gasteiger partial charge in [-0.25, -0.2) is 4.98 Å². The van der Waals surface area contributed by atoms with Crippen LogP contribution in [0.25, 0.3) is 0 Å². The molecule has 1 unspecified atom stereocenters. The minimum Gasteiger partial charge on any atom is -0.493 e. The minimum atomic E-state index is -0.872. The number of aliphatic hydroxyl groups is 1. The Labute approximate surface area is 159 Å². The second-order valence-electron chi connectivity index (χ2n) is 6.58. The van der Waals surface area contributed by atoms with Crippen molar-refractivity contribution < 1.29 is 14.6 Å². The summed E-state index contributed by atoms with van der Waals surface area (Å²) >= 11 is 0. The molecule has 8 heteroatoms. The van der Waals surface area contributed by atoms with Gasteiger partial charge >= 0.3 is 0 Å². The summed E-state index contributed by atoms with van der Waals surface area (Å²) in [6, 6.07) is 7.29. The van der Waals surface area contributed by atoms with Gasteiger partial charge in [-0.15, -0.1) is 0 Å². The Morgan fingerprint density at radius 1 is 1.26 bits per heavy atom. The van der Waals surface area contributed by atoms with E-state index in [4.69, 9.17) is 9.47 Å². The van der Waals surface area contributed by atoms with Crippen LogP contribution in [-0.4, -0.2) is 60.1 Å². The van der Waals surface area contributed by atoms with Crippen molar-refractivity contribution in [3.8, 4) is 11.5 Å². The standard InChI is InChI=1S/C19H27N5O3/c1-5-24-10-13(11-24)18(25)27-16-9-14(6-7-15(16)26-4)22-19-21-12(2)8-17(20-3)23-19/h6-9,13,18,25H,5,10-11H2,1-4H3,(H2,20,21,22,23). The average Bonchev–Trinajstić information content (AvgIpc) is 2.60. The average molecular weight is 373 g/mol. The van der Waals surface area contributed by atoms with Crippen LogP contribution >= 0.6 is 0 Å². The second-order valence-corrected chi connectivity index (χ2v) is 6.58. The van der Waals surface area contributed by atoms with Crippen LogP contribution in [0.3, 0.4) is 0 Å². The van der Waals surface area contributed by atoms with E-state index in [-0.39, 0.29) is 5.92 Å². The normalized spacial score (nSPS) is 15.7. The van der Waals surface area contributed by atoms with Gasteiger partial charge in [0, 0.05) is 49.6 Å². The molecule has 0 radical (unpaired) electrons. The summed E-state index contributed by atoms with van der Waals surface area (Å²) in [5.41, 5.74) is 1.59. The van der Waals surface area contributed by atoms with Crippen LogP contribution in [0.2, 0.25) is 0 Å². The van der Waals surface area contributed by atoms with Crippen molar-refractivity contribution in [3.05, 3.63) is 30.0 Å². The number of anilines is 3. The van der Waals surface area contributed by atoms with E-state index in [9.17, 15) is 5.11 Å². The van der Waals surface area contributed by atoms with Gasteiger partial charge in [-0.1, -0.05) is 6.92 Å². The first-order chi connectivity index (χ1) is 13.0. The maximum absolute atomic E-state index is 10.4. The number of hydrogen-bond donors (Lipinski definition) is 3. The molecule has 1 aliphatic heterocycles. The number of benzene rings is 1. The molecule has 8 nitrogen and oxygen atoms in total. The summed E-state index contributed by atoms with van der Waals surface area (Å²) in [6.07, 6.45) is -0.872. The molecular weight excluding hydrogens is 346 g/mol. The Morgan fingerprint density at radius 2 is 2.04 bits per heavy atom. The van der Waals surface area contributed by atoms with Gasteiger partial charge in [-0.05, 0) is 25.6 Å². The Bertz CT molecular complexity index is 780. The quantitative estimate of drug-likeness (QED) is 0.607. The highest BCUT2D eigenvalue weighted by atomic mass is 16.6. The fourth-order valence-electron chi connectivity index (χ4n) is 3.00. The van der Waals surface area contributed by atoms with Crippen molar-refractivity contribution >= 4 is 17.5 Å². The van der Waals surface area contributed by atoms with Crippen molar-refractivity contribution in [2.45, 2.75) is 20.1 Å². The predicted octanol–water partition coefficient (Wildman–Crippen LogP) is 2.23. The number of ether oxygens (including phenoxy) is 2. The van der Waals surface area contributed by atoms with Gasteiger partial charge in [-0.3, -0.25) is 0 Å². The molecule has 1 fully saturated rings. The first kappa shape index (κ1) is 19.2. The van der Waals surface area contributed by atoms with Crippen molar-refractivity contribution in [1.82, 2.24) is 14.9 Å². The Morgan fingerprint density at radius 3 is 2.70 bits per heavy atom. The number of likely N-dealkylation sites (tertiary alicyclic amines) is 1. The lowest BCUT2D eigenvalue weighted by Gasteiger charge is -2.40. The lowest BCUT2D eigenvalue weighted by atomic mass is 10.00. The van der Waals surface area contributed by atoms with Crippen molar-refractivity contribution in [1.29, 1.82) is 0 Å². The SMILES string of the molecule is CCN1CC(C(O)Oc2cc(Nc3nc(C)cc(NC)n3)ccc2OC)C1. The topological polar surface area (TPSA) is 91.8 Å². The predicted molar refractivity (Wildman–Crippen MR) is 105 cm³/mol. The largest absolute Gasteiger partial charge is 0.493 e. The molecule has 2 heterocycles. The number of aliphatic hydroxyl groups excluding tert-OH is 1. The minimum absolute atomic E-state index is 0.101. The highest BCUT2D eigenvalue weighted by molar-refractivity contribution is 5.60. The van der Waals surface area contributed by atoms with Crippen LogP contribution in [-0.2, 0) is 0 Å². The number of aryl methyl sites for hydroxylation is 1. The van der Waals surface area contributed by atoms with Gasteiger partial charge in [0.15, 0.2) is 11.5 Å². The summed E-state index contributed by atoms with van der Waals surface area (Å²) in [5.74, 6) is 2.35. The third-order valence-electron chi connectivity index (χ3n) is 4.61. The van der Waals surface area contributed by atoms with E-state index in [1.165, 1.54) is 0 Å². The molecule has 1 aliphatic rings. The highest BCUT2D eigenvalue weighted by Gasteiger charge is 2.33. The zero-order valence-electron chi connectivity index (χ0n) is 16.2. The fraction of sp³-hybridized carbons (Fsp3) is 0.474. The van der Waals surface area contributed by atoms with Gasteiger partial charge in [0.05, 0.1) is 7.11 Å². The summed E-state index contributed by atoms with van der Waals surface area (Å²) in [6.45, 7) is 6.67. The highest BCUT2D eigenvalue weighted by Crippen LogP contribution is 2.33. The second kappa shape index (κ2) is 8.41. The summed E-state index contributed by atoms with van der Waals surface area (Å²) in [5, 5.41) is 16.6. The maximum Gasteiger partial charge on any atom is 0.229 e. The molecule has 3 rings (SSSR count). The van der Waals surface area contributed by atoms with Crippen LogP contribution in [0, 0.1) is 12.8 Å². The van der Waals surface area contributed by atoms with Crippen LogP contribution in [0.4, 0.5) is 17.5 Å². The fourth-order valence-corrected chi connectivity index (χ4v) is 3.00. The molecule has 146 valence electrons. The molecule has 1 atom stereocenters. The Kier molecular flexibility index (Phi) is 5.98. The van der Waals surface area contributed by atoms with E-state index in [0.717, 1.165) is 36.8 Å². The van der Waals surface area contributed by atoms with E-state index in [0.29, 0.717) is 17.4 Å². The van der Waals surface area contributed by atoms with E-state index in [1.54, 1.807) is 19.2 Å². The van der Waals surface area contributed by atoms with Gasteiger partial charge in [0.2, 0.25) is 12.2 Å². The maximum atomic E-state index is 10.4. The van der Waals surface area contributed by atoms with Crippen LogP contribution in [0.1, 0.15) is 12.6 Å². The Hall–Kier alpha value is -2.58. The number of rotatable bonds is 8. The molecular formula is C19H27N5O3. The summed E-state index contributed by atoms with van der Waals surface area (Å²) < 4.78 is 11.2. The van der Waals surface area contributed by atoms with E-state index < -0.39 is 6.29 Å². The van der Waals surface area contributed by atoms with Gasteiger partial charge < -0.3 is 30.1 Å². The first-order valence-corrected chi connectivity index (χ1v) is 9.08. The number of hydrogen-bond acceptors (Lipinski definition) is 8. The number of nitrogens with zero attached hydrogens (tertiary/aromatic N) is 3. The Balaban J connectivity index is 1.74. The summed E-state index contributed by atoms with van der Waals surface area (Å²) in [4.78, 5) is 11.0. The molecule has 2 aromatic rings. The molecule has 0 aliphatic carbocycles. The molecule has 1 aromatic heterocycles. The molecule has 0 amide bonds. The van der Waals surface area contributed by atoms with Crippen molar-refractivity contribution in [3.63, 3.8) is 0 Å². The lowest BCUT2D eigenvalue weighted by Crippen LogP contribution is -2.53. The number of nitrogens with one attached hydrogen (secondary N) is 2. The molecule has 27 heavy (non-hydrogen) atoms. The van der Waals surface area contributed by atoms with Crippen molar-refractivity contribution in [2.24, 2.45) is 5.92 Å². The van der Waals surface area contributed by atoms with E-state index >= 15 is 0 Å². The number of methoxy groups -OCH3 is 1. The monoisotopic (exact) mass is 373 g/mol. The molecule has 0 spiro atoms. The molecule has 0 bridgehead atoms. The molecule has 1 saturated heterocycles. The van der Waals surface area contributed by atoms with Crippen molar-refractivity contribution in [2.75, 3.05) is 44.4 Å². The van der Waals surface area contributed by atoms with Crippen LogP contribution < -0.4 is 20.1 Å². The third-order valence-corrected chi connectivity index (χ3v) is 4.61. The molecule has 0 saturated carbocycles. The zero-order chi connectivity index (χ0) is 19.4. The van der Waals surface area contributed by atoms with Gasteiger partial charge in [0.25, 0.3) is 0 Å². The number of aromatic nitrogens is 2. The van der Waals surface area contributed by atoms with Crippen LogP contribution in [0.15, 0.2) is 24.3 Å². The first-order valence-electron chi connectivity index (χ1n) is 9.08. The zero-order valence-corrected chi connectivity index (χ0v) is 16.2. The van der Waals surface area contributed by atoms with Gasteiger partial charge in [0.1, 0.15) is 5.82 Å². The van der Waals surface area contributed by atoms with Crippen LogP contribution in [0.5, 0.6) is 11.5 Å². The van der Waals surface area contributed by atoms with E-state index in [2.05, 4.69) is 32.4 Å². The third kappa shape index (κ3) is 4.58.